The van der Waals surface area contributed by atoms with Crippen molar-refractivity contribution in [3.63, 3.8) is 0 Å². The van der Waals surface area contributed by atoms with Crippen LogP contribution in [0.25, 0.3) is 0 Å². The Labute approximate surface area is 279 Å². The Morgan fingerprint density at radius 1 is 0.717 bits per heavy atom. The van der Waals surface area contributed by atoms with Crippen molar-refractivity contribution in [2.24, 2.45) is 0 Å². The molecule has 0 atom stereocenters. The molecule has 0 fully saturated rings. The third-order valence-corrected chi connectivity index (χ3v) is 12.2. The Morgan fingerprint density at radius 3 is 1.57 bits per heavy atom. The van der Waals surface area contributed by atoms with Crippen molar-refractivity contribution in [1.29, 1.82) is 0 Å². The molecule has 46 heavy (non-hydrogen) atoms. The summed E-state index contributed by atoms with van der Waals surface area (Å²) in [6.45, 7) is 14.9. The number of carbonyl (C=O) groups excluding carboxylic acids is 2. The number of nitrogens with one attached hydrogen (secondary N) is 2. The van der Waals surface area contributed by atoms with Crippen molar-refractivity contribution < 1.29 is 19.1 Å². The van der Waals surface area contributed by atoms with E-state index in [0.717, 1.165) is 45.1 Å². The minimum Gasteiger partial charge on any atom is -0.288 e. The first-order valence-electron chi connectivity index (χ1n) is 15.3. The van der Waals surface area contributed by atoms with Crippen molar-refractivity contribution in [3.05, 3.63) is 128 Å². The Kier molecular flexibility index (Phi) is 10.3. The number of ketones is 2. The molecule has 4 aromatic carbocycles. The van der Waals surface area contributed by atoms with Crippen molar-refractivity contribution in [2.75, 3.05) is 33.2 Å². The van der Waals surface area contributed by atoms with E-state index in [0.29, 0.717) is 46.8 Å². The fourth-order valence-corrected chi connectivity index (χ4v) is 7.27. The molecule has 4 aromatic rings. The van der Waals surface area contributed by atoms with Gasteiger partial charge in [-0.25, -0.2) is 0 Å². The number of hydrogen-bond donors (Lipinski definition) is 2. The van der Waals surface area contributed by atoms with E-state index in [9.17, 15) is 9.59 Å². The molecule has 0 spiro atoms. The minimum absolute atomic E-state index is 0.190. The van der Waals surface area contributed by atoms with Gasteiger partial charge in [0.1, 0.15) is 12.4 Å². The van der Waals surface area contributed by atoms with Gasteiger partial charge in [0.05, 0.1) is 5.69 Å². The Balaban J connectivity index is 1.53. The van der Waals surface area contributed by atoms with E-state index in [4.69, 9.17) is 9.47 Å². The third-order valence-electron chi connectivity index (χ3n) is 8.05. The second-order valence-electron chi connectivity index (χ2n) is 11.4. The summed E-state index contributed by atoms with van der Waals surface area (Å²) in [6.07, 6.45) is 3.83. The monoisotopic (exact) mass is 728 g/mol. The van der Waals surface area contributed by atoms with Gasteiger partial charge in [0.2, 0.25) is 0 Å². The van der Waals surface area contributed by atoms with Gasteiger partial charge in [0.25, 0.3) is 0 Å². The molecular weight excluding hydrogens is 687 g/mol. The molecule has 7 heteroatoms. The van der Waals surface area contributed by atoms with Crippen LogP contribution < -0.4 is 20.1 Å². The number of rotatable bonds is 12. The van der Waals surface area contributed by atoms with E-state index >= 15 is 0 Å². The second kappa shape index (κ2) is 14.4. The van der Waals surface area contributed by atoms with Gasteiger partial charge >= 0.3 is 146 Å². The van der Waals surface area contributed by atoms with Crippen LogP contribution in [-0.2, 0) is 0 Å². The van der Waals surface area contributed by atoms with Crippen LogP contribution in [0.2, 0.25) is 0 Å². The summed E-state index contributed by atoms with van der Waals surface area (Å²) in [7, 11) is 0. The van der Waals surface area contributed by atoms with Crippen LogP contribution in [0.3, 0.4) is 0 Å². The number of fused-ring (bicyclic) bond motifs is 2. The number of ether oxygens (including phenoxy) is 2. The molecule has 6 nitrogen and oxygen atoms in total. The van der Waals surface area contributed by atoms with Gasteiger partial charge in [-0.2, -0.15) is 0 Å². The van der Waals surface area contributed by atoms with E-state index in [1.807, 2.05) is 64.1 Å². The number of hydrogen-bond acceptors (Lipinski definition) is 6. The van der Waals surface area contributed by atoms with Crippen LogP contribution in [0, 0.1) is 27.7 Å². The molecule has 0 aliphatic heterocycles. The predicted molar refractivity (Wildman–Crippen MR) is 199 cm³/mol. The summed E-state index contributed by atoms with van der Waals surface area (Å²) in [6, 6.07) is 18.7. The molecule has 1 aliphatic carbocycles. The van der Waals surface area contributed by atoms with Gasteiger partial charge in [0, 0.05) is 16.8 Å². The standard InChI is InChI=1S/C39H41IN2O4/c1-8-18-45-28-20-24(3)36(25(4)21-28)41-32-15-16-33(35-34(32)38(43)30-13-10-11-14-31(30)39(35)44)42-37-26(5)22-29(23-27(37)6)46-19-12-17-40(7)9-2/h8,10-17,20-23,41-42H,1,9,18-19H2,2-7H3/b17-12+. The van der Waals surface area contributed by atoms with E-state index < -0.39 is 19.8 Å². The maximum absolute atomic E-state index is 14.1. The van der Waals surface area contributed by atoms with Gasteiger partial charge in [-0.1, -0.05) is 36.9 Å². The van der Waals surface area contributed by atoms with Gasteiger partial charge in [-0.3, -0.25) is 9.59 Å². The number of aryl methyl sites for hydroxylation is 4. The summed E-state index contributed by atoms with van der Waals surface area (Å²) >= 11 is -0.953. The number of benzene rings is 4. The molecule has 0 amide bonds. The molecular formula is C39H41IN2O4. The van der Waals surface area contributed by atoms with Crippen LogP contribution >= 0.6 is 19.8 Å². The summed E-state index contributed by atoms with van der Waals surface area (Å²) < 4.78 is 15.4. The molecule has 5 rings (SSSR count). The van der Waals surface area contributed by atoms with Gasteiger partial charge < -0.3 is 10.1 Å². The predicted octanol–water partition coefficient (Wildman–Crippen LogP) is 9.80. The van der Waals surface area contributed by atoms with Crippen molar-refractivity contribution in [3.8, 4) is 11.5 Å². The smallest absolute Gasteiger partial charge is 0.288 e. The number of halogens is 1. The summed E-state index contributed by atoms with van der Waals surface area (Å²) in [4.78, 5) is 30.6. The molecule has 0 aromatic heterocycles. The molecule has 0 bridgehead atoms. The Morgan fingerprint density at radius 2 is 1.15 bits per heavy atom. The third kappa shape index (κ3) is 6.89. The fraction of sp³-hybridized carbons (Fsp3) is 0.231. The Hall–Kier alpha value is -4.37. The van der Waals surface area contributed by atoms with Crippen molar-refractivity contribution in [2.45, 2.75) is 34.6 Å². The maximum atomic E-state index is 14.1. The Bertz CT molecular complexity index is 1810. The van der Waals surface area contributed by atoms with E-state index in [1.165, 1.54) is 4.43 Å². The van der Waals surface area contributed by atoms with Gasteiger partial charge in [-0.05, 0) is 37.1 Å². The molecule has 0 saturated carbocycles. The number of anilines is 4. The van der Waals surface area contributed by atoms with Crippen molar-refractivity contribution in [1.82, 2.24) is 0 Å². The first-order chi connectivity index (χ1) is 22.1. The van der Waals surface area contributed by atoms with Crippen LogP contribution in [0.5, 0.6) is 11.5 Å². The zero-order valence-electron chi connectivity index (χ0n) is 27.3. The van der Waals surface area contributed by atoms with Crippen LogP contribution in [0.1, 0.15) is 61.0 Å². The summed E-state index contributed by atoms with van der Waals surface area (Å²) in [5.74, 6) is 1.16. The fourth-order valence-electron chi connectivity index (χ4n) is 5.69. The first kappa shape index (κ1) is 33.0. The minimum atomic E-state index is -0.953. The molecule has 0 unspecified atom stereocenters. The van der Waals surface area contributed by atoms with Gasteiger partial charge in [-0.15, -0.1) is 0 Å². The number of carbonyl (C=O) groups is 2. The summed E-state index contributed by atoms with van der Waals surface area (Å²) in [5, 5.41) is 7.01. The van der Waals surface area contributed by atoms with Crippen molar-refractivity contribution >= 4 is 54.1 Å². The van der Waals surface area contributed by atoms with Crippen LogP contribution in [0.15, 0.2) is 83.5 Å². The van der Waals surface area contributed by atoms with Gasteiger partial charge in [0.15, 0.2) is 5.78 Å². The SMILES string of the molecule is C=CCOc1cc(C)c(Nc2ccc(Nc3c(C)cc(OC/C=C/I(C)CC)cc3C)c3c2C(=O)c2ccccc2C3=O)c(C)c1. The molecule has 2 N–H and O–H groups in total. The zero-order chi connectivity index (χ0) is 33.0. The molecule has 1 aliphatic rings. The second-order valence-corrected chi connectivity index (χ2v) is 17.3. The first-order valence-corrected chi connectivity index (χ1v) is 20.2. The van der Waals surface area contributed by atoms with Crippen LogP contribution in [-0.4, -0.2) is 34.1 Å². The zero-order valence-corrected chi connectivity index (χ0v) is 29.5. The van der Waals surface area contributed by atoms with Crippen LogP contribution in [0.4, 0.5) is 22.7 Å². The quantitative estimate of drug-likeness (QED) is 0.0757. The molecule has 0 radical (unpaired) electrons. The number of alkyl halides is 2. The average Bonchev–Trinajstić information content (AvgIpc) is 3.04. The molecule has 238 valence electrons. The average molecular weight is 729 g/mol. The topological polar surface area (TPSA) is 76.7 Å². The summed E-state index contributed by atoms with van der Waals surface area (Å²) in [5.41, 5.74) is 8.27. The van der Waals surface area contributed by atoms with E-state index in [2.05, 4.69) is 39.2 Å². The van der Waals surface area contributed by atoms with E-state index in [-0.39, 0.29) is 11.6 Å². The molecule has 0 saturated heterocycles. The normalized spacial score (nSPS) is 12.4. The molecule has 0 heterocycles. The van der Waals surface area contributed by atoms with E-state index in [1.54, 1.807) is 30.3 Å².